The molecule has 4 saturated heterocycles. The number of piperidine rings is 3. The van der Waals surface area contributed by atoms with Crippen LogP contribution in [-0.4, -0.2) is 66.4 Å². The van der Waals surface area contributed by atoms with E-state index < -0.39 is 0 Å². The Kier molecular flexibility index (Phi) is 5.35. The molecular formula is C22H32N4O3. The van der Waals surface area contributed by atoms with Crippen molar-refractivity contribution in [2.24, 2.45) is 11.8 Å². The predicted molar refractivity (Wildman–Crippen MR) is 108 cm³/mol. The van der Waals surface area contributed by atoms with Crippen LogP contribution in [0.15, 0.2) is 16.5 Å². The molecule has 7 nitrogen and oxygen atoms in total. The van der Waals surface area contributed by atoms with Gasteiger partial charge in [0.1, 0.15) is 5.76 Å². The summed E-state index contributed by atoms with van der Waals surface area (Å²) in [7, 11) is 0. The lowest BCUT2D eigenvalue weighted by Gasteiger charge is -2.54. The van der Waals surface area contributed by atoms with E-state index in [0.29, 0.717) is 36.6 Å². The smallest absolute Gasteiger partial charge is 0.287 e. The van der Waals surface area contributed by atoms with Crippen LogP contribution in [0.1, 0.15) is 54.8 Å². The fourth-order valence-corrected chi connectivity index (χ4v) is 5.93. The summed E-state index contributed by atoms with van der Waals surface area (Å²) in [5, 5.41) is 6.61. The molecule has 4 fully saturated rings. The minimum absolute atomic E-state index is 0.0832. The molecule has 4 aliphatic rings. The van der Waals surface area contributed by atoms with E-state index in [4.69, 9.17) is 4.42 Å². The number of rotatable bonds is 5. The van der Waals surface area contributed by atoms with Crippen LogP contribution in [0, 0.1) is 11.8 Å². The Balaban J connectivity index is 1.23. The molecule has 1 aromatic rings. The monoisotopic (exact) mass is 400 g/mol. The first-order valence-electron chi connectivity index (χ1n) is 11.3. The number of likely N-dealkylation sites (tertiary alicyclic amines) is 1. The second kappa shape index (κ2) is 8.11. The molecule has 0 spiro atoms. The summed E-state index contributed by atoms with van der Waals surface area (Å²) < 4.78 is 5.81. The highest BCUT2D eigenvalue weighted by Crippen LogP contribution is 2.39. The van der Waals surface area contributed by atoms with Crippen LogP contribution in [0.25, 0.3) is 0 Å². The number of nitrogens with one attached hydrogen (secondary N) is 2. The van der Waals surface area contributed by atoms with Crippen molar-refractivity contribution in [3.63, 3.8) is 0 Å². The maximum atomic E-state index is 12.7. The van der Waals surface area contributed by atoms with Crippen LogP contribution in [0.2, 0.25) is 0 Å². The van der Waals surface area contributed by atoms with Crippen LogP contribution in [0.5, 0.6) is 0 Å². The van der Waals surface area contributed by atoms with E-state index in [1.807, 2.05) is 6.07 Å². The van der Waals surface area contributed by atoms with E-state index in [1.165, 1.54) is 12.8 Å². The number of hydrogen-bond donors (Lipinski definition) is 2. The van der Waals surface area contributed by atoms with E-state index in [0.717, 1.165) is 57.7 Å². The van der Waals surface area contributed by atoms with Gasteiger partial charge in [0, 0.05) is 25.6 Å². The van der Waals surface area contributed by atoms with Gasteiger partial charge in [0.25, 0.3) is 5.91 Å². The Morgan fingerprint density at radius 1 is 1.17 bits per heavy atom. The summed E-state index contributed by atoms with van der Waals surface area (Å²) in [5.74, 6) is 2.28. The van der Waals surface area contributed by atoms with Crippen LogP contribution < -0.4 is 10.6 Å². The summed E-state index contributed by atoms with van der Waals surface area (Å²) in [5.41, 5.74) is 0. The highest BCUT2D eigenvalue weighted by molar-refractivity contribution is 5.91. The first-order chi connectivity index (χ1) is 14.2. The molecule has 29 heavy (non-hydrogen) atoms. The third-order valence-corrected chi connectivity index (χ3v) is 7.34. The summed E-state index contributed by atoms with van der Waals surface area (Å²) in [6.45, 7) is 5.42. The molecule has 7 heteroatoms. The molecule has 5 heterocycles. The van der Waals surface area contributed by atoms with Crippen molar-refractivity contribution in [3.8, 4) is 0 Å². The van der Waals surface area contributed by atoms with Crippen molar-refractivity contribution in [2.45, 2.75) is 57.2 Å². The van der Waals surface area contributed by atoms with Gasteiger partial charge < -0.3 is 20.0 Å². The van der Waals surface area contributed by atoms with E-state index in [2.05, 4.69) is 20.4 Å². The lowest BCUT2D eigenvalue weighted by atomic mass is 9.72. The molecule has 2 N–H and O–H groups in total. The van der Waals surface area contributed by atoms with Gasteiger partial charge in [-0.1, -0.05) is 0 Å². The number of fused-ring (bicyclic) bond motifs is 4. The van der Waals surface area contributed by atoms with E-state index >= 15 is 0 Å². The maximum absolute atomic E-state index is 12.7. The minimum Gasteiger partial charge on any atom is -0.455 e. The molecule has 5 rings (SSSR count). The summed E-state index contributed by atoms with van der Waals surface area (Å²) in [4.78, 5) is 29.9. The van der Waals surface area contributed by atoms with Gasteiger partial charge in [0.15, 0.2) is 5.76 Å². The average molecular weight is 401 g/mol. The zero-order chi connectivity index (χ0) is 19.8. The van der Waals surface area contributed by atoms with E-state index in [1.54, 1.807) is 6.07 Å². The highest BCUT2D eigenvalue weighted by Gasteiger charge is 2.47. The predicted octanol–water partition coefficient (Wildman–Crippen LogP) is 1.59. The van der Waals surface area contributed by atoms with Gasteiger partial charge >= 0.3 is 0 Å². The van der Waals surface area contributed by atoms with Gasteiger partial charge in [-0.25, -0.2) is 0 Å². The molecule has 0 saturated carbocycles. The SMILES string of the molecule is O=C(NC[C@H]1[C@@H]2CNC[C@@H](C2)[C@@H]2CCCC(=O)N21)c1ccc(CN2CCCC2)o1. The average Bonchev–Trinajstić information content (AvgIpc) is 3.41. The first kappa shape index (κ1) is 19.1. The quantitative estimate of drug-likeness (QED) is 0.785. The lowest BCUT2D eigenvalue weighted by molar-refractivity contribution is -0.148. The lowest BCUT2D eigenvalue weighted by Crippen LogP contribution is -2.66. The molecular weight excluding hydrogens is 368 g/mol. The van der Waals surface area contributed by atoms with Gasteiger partial charge in [0.2, 0.25) is 5.91 Å². The topological polar surface area (TPSA) is 77.8 Å². The van der Waals surface area contributed by atoms with Crippen LogP contribution >= 0.6 is 0 Å². The number of nitrogens with zero attached hydrogens (tertiary/aromatic N) is 2. The maximum Gasteiger partial charge on any atom is 0.287 e. The highest BCUT2D eigenvalue weighted by atomic mass is 16.4. The summed E-state index contributed by atoms with van der Waals surface area (Å²) in [6.07, 6.45) is 6.36. The summed E-state index contributed by atoms with van der Waals surface area (Å²) >= 11 is 0. The molecule has 0 radical (unpaired) electrons. The molecule has 0 unspecified atom stereocenters. The van der Waals surface area contributed by atoms with Gasteiger partial charge in [-0.3, -0.25) is 14.5 Å². The fourth-order valence-electron chi connectivity index (χ4n) is 5.93. The molecule has 0 aliphatic carbocycles. The van der Waals surface area contributed by atoms with E-state index in [9.17, 15) is 9.59 Å². The Bertz CT molecular complexity index is 757. The molecule has 1 aromatic heterocycles. The number of hydrogen-bond acceptors (Lipinski definition) is 5. The number of furan rings is 1. The molecule has 0 aromatic carbocycles. The minimum atomic E-state index is -0.176. The third-order valence-electron chi connectivity index (χ3n) is 7.34. The second-order valence-corrected chi connectivity index (χ2v) is 9.20. The third kappa shape index (κ3) is 3.82. The van der Waals surface area contributed by atoms with Gasteiger partial charge in [0.05, 0.1) is 12.6 Å². The molecule has 4 aliphatic heterocycles. The van der Waals surface area contributed by atoms with Crippen molar-refractivity contribution in [3.05, 3.63) is 23.7 Å². The Labute approximate surface area is 172 Å². The van der Waals surface area contributed by atoms with Crippen molar-refractivity contribution in [2.75, 3.05) is 32.7 Å². The second-order valence-electron chi connectivity index (χ2n) is 9.20. The first-order valence-corrected chi connectivity index (χ1v) is 11.3. The van der Waals surface area contributed by atoms with Crippen molar-refractivity contribution < 1.29 is 14.0 Å². The van der Waals surface area contributed by atoms with Crippen molar-refractivity contribution in [1.29, 1.82) is 0 Å². The van der Waals surface area contributed by atoms with Gasteiger partial charge in [-0.15, -0.1) is 0 Å². The van der Waals surface area contributed by atoms with Gasteiger partial charge in [-0.2, -0.15) is 0 Å². The zero-order valence-corrected chi connectivity index (χ0v) is 17.1. The molecule has 4 atom stereocenters. The normalized spacial score (nSPS) is 32.3. The Morgan fingerprint density at radius 2 is 2.00 bits per heavy atom. The molecule has 2 bridgehead atoms. The number of carbonyl (C=O) groups is 2. The summed E-state index contributed by atoms with van der Waals surface area (Å²) in [6, 6.07) is 4.10. The molecule has 158 valence electrons. The van der Waals surface area contributed by atoms with Crippen LogP contribution in [-0.2, 0) is 11.3 Å². The molecule has 2 amide bonds. The Morgan fingerprint density at radius 3 is 2.86 bits per heavy atom. The fraction of sp³-hybridized carbons (Fsp3) is 0.727. The largest absolute Gasteiger partial charge is 0.455 e. The zero-order valence-electron chi connectivity index (χ0n) is 17.1. The van der Waals surface area contributed by atoms with Crippen LogP contribution in [0.4, 0.5) is 0 Å². The number of amides is 2. The number of carbonyl (C=O) groups excluding carboxylic acids is 2. The van der Waals surface area contributed by atoms with Crippen molar-refractivity contribution >= 4 is 11.8 Å². The van der Waals surface area contributed by atoms with E-state index in [-0.39, 0.29) is 17.9 Å². The Hall–Kier alpha value is -1.86. The standard InChI is InChI=1S/C22H32N4O3/c27-21-5-3-4-18-15-10-16(12-23-11-15)19(26(18)21)13-24-22(28)20-7-6-17(29-20)14-25-8-1-2-9-25/h6-7,15-16,18-19,23H,1-5,8-14H2,(H,24,28)/t15-,16+,18+,19+/m1/s1. The van der Waals surface area contributed by atoms with Crippen LogP contribution in [0.3, 0.4) is 0 Å². The van der Waals surface area contributed by atoms with Crippen molar-refractivity contribution in [1.82, 2.24) is 20.4 Å². The van der Waals surface area contributed by atoms with Gasteiger partial charge in [-0.05, 0) is 75.7 Å².